The van der Waals surface area contributed by atoms with E-state index in [2.05, 4.69) is 10.6 Å². The second-order valence-corrected chi connectivity index (χ2v) is 8.64. The average Bonchev–Trinajstić information content (AvgIpc) is 3.25. The number of thioether (sulfide) groups is 1. The molecule has 1 aliphatic carbocycles. The fraction of sp³-hybridized carbons (Fsp3) is 0.391. The van der Waals surface area contributed by atoms with Gasteiger partial charge in [-0.05, 0) is 43.5 Å². The Hall–Kier alpha value is -2.47. The Kier molecular flexibility index (Phi) is 7.99. The Bertz CT molecular complexity index is 840. The normalized spacial score (nSPS) is 15.1. The fourth-order valence-electron chi connectivity index (χ4n) is 3.41. The monoisotopic (exact) mass is 412 g/mol. The largest absolute Gasteiger partial charge is 0.465 e. The van der Waals surface area contributed by atoms with Gasteiger partial charge in [0.2, 0.25) is 0 Å². The van der Waals surface area contributed by atoms with E-state index in [0.29, 0.717) is 23.1 Å². The van der Waals surface area contributed by atoms with Gasteiger partial charge in [-0.25, -0.2) is 0 Å². The summed E-state index contributed by atoms with van der Waals surface area (Å²) >= 11 is 1.93. The predicted octanol–water partition coefficient (Wildman–Crippen LogP) is 4.54. The average molecular weight is 413 g/mol. The summed E-state index contributed by atoms with van der Waals surface area (Å²) in [5.41, 5.74) is 1.57. The maximum atomic E-state index is 12.7. The van der Waals surface area contributed by atoms with Crippen LogP contribution in [0, 0.1) is 6.92 Å². The first kappa shape index (κ1) is 21.2. The number of furan rings is 1. The number of hydrogen-bond donors (Lipinski definition) is 2. The summed E-state index contributed by atoms with van der Waals surface area (Å²) in [6.07, 6.45) is 9.60. The van der Waals surface area contributed by atoms with Gasteiger partial charge in [-0.2, -0.15) is 11.8 Å². The third-order valence-corrected chi connectivity index (χ3v) is 6.39. The second kappa shape index (κ2) is 10.9. The Morgan fingerprint density at radius 2 is 1.93 bits per heavy atom. The molecule has 0 spiro atoms. The lowest BCUT2D eigenvalue weighted by molar-refractivity contribution is -0.117. The van der Waals surface area contributed by atoms with Crippen LogP contribution in [0.3, 0.4) is 0 Å². The number of aryl methyl sites for hydroxylation is 1. The molecule has 1 fully saturated rings. The molecule has 1 saturated carbocycles. The summed E-state index contributed by atoms with van der Waals surface area (Å²) in [6, 6.07) is 10.8. The van der Waals surface area contributed by atoms with Gasteiger partial charge in [-0.3, -0.25) is 9.59 Å². The summed E-state index contributed by atoms with van der Waals surface area (Å²) in [5.74, 6) is 0.757. The van der Waals surface area contributed by atoms with Gasteiger partial charge in [0.05, 0.1) is 6.26 Å². The minimum atomic E-state index is -0.312. The van der Waals surface area contributed by atoms with Crippen LogP contribution in [0.4, 0.5) is 0 Å². The molecule has 3 rings (SSSR count). The van der Waals surface area contributed by atoms with Crippen molar-refractivity contribution in [2.75, 3.05) is 12.3 Å². The Labute approximate surface area is 176 Å². The van der Waals surface area contributed by atoms with Gasteiger partial charge in [0, 0.05) is 29.2 Å². The smallest absolute Gasteiger partial charge is 0.267 e. The highest BCUT2D eigenvalue weighted by Crippen LogP contribution is 2.27. The van der Waals surface area contributed by atoms with E-state index in [1.54, 1.807) is 30.3 Å². The fourth-order valence-corrected chi connectivity index (χ4v) is 4.63. The molecule has 2 aromatic rings. The molecule has 1 heterocycles. The molecule has 1 aliphatic rings. The van der Waals surface area contributed by atoms with E-state index >= 15 is 0 Å². The number of rotatable bonds is 8. The van der Waals surface area contributed by atoms with Crippen LogP contribution in [-0.4, -0.2) is 29.4 Å². The molecule has 154 valence electrons. The highest BCUT2D eigenvalue weighted by Gasteiger charge is 2.17. The van der Waals surface area contributed by atoms with E-state index in [1.807, 2.05) is 30.8 Å². The van der Waals surface area contributed by atoms with Crippen molar-refractivity contribution in [3.8, 4) is 0 Å². The van der Waals surface area contributed by atoms with Crippen LogP contribution in [0.15, 0.2) is 52.8 Å². The third-order valence-electron chi connectivity index (χ3n) is 5.01. The lowest BCUT2D eigenvalue weighted by Crippen LogP contribution is -2.36. The first-order valence-corrected chi connectivity index (χ1v) is 11.2. The van der Waals surface area contributed by atoms with Crippen molar-refractivity contribution in [2.24, 2.45) is 0 Å². The molecular weight excluding hydrogens is 384 g/mol. The van der Waals surface area contributed by atoms with Gasteiger partial charge in [0.25, 0.3) is 11.8 Å². The van der Waals surface area contributed by atoms with Crippen LogP contribution in [-0.2, 0) is 4.79 Å². The molecule has 0 unspecified atom stereocenters. The zero-order valence-electron chi connectivity index (χ0n) is 16.8. The third kappa shape index (κ3) is 6.53. The maximum absolute atomic E-state index is 12.7. The topological polar surface area (TPSA) is 71.3 Å². The van der Waals surface area contributed by atoms with Crippen LogP contribution >= 0.6 is 11.8 Å². The molecule has 5 nitrogen and oxygen atoms in total. The van der Waals surface area contributed by atoms with Gasteiger partial charge in [-0.1, -0.05) is 37.5 Å². The zero-order chi connectivity index (χ0) is 20.5. The summed E-state index contributed by atoms with van der Waals surface area (Å²) in [6.45, 7) is 2.43. The molecule has 2 amide bonds. The number of nitrogens with one attached hydrogen (secondary N) is 2. The van der Waals surface area contributed by atoms with E-state index in [-0.39, 0.29) is 17.5 Å². The summed E-state index contributed by atoms with van der Waals surface area (Å²) in [4.78, 5) is 25.4. The Morgan fingerprint density at radius 3 is 2.66 bits per heavy atom. The SMILES string of the molecule is Cc1ccccc1C(=O)N/C(=C\c1ccco1)C(=O)NCCSC1CCCCC1. The summed E-state index contributed by atoms with van der Waals surface area (Å²) in [7, 11) is 0. The van der Waals surface area contributed by atoms with E-state index in [0.717, 1.165) is 11.3 Å². The Balaban J connectivity index is 1.60. The standard InChI is InChI=1S/C23H28N2O3S/c1-17-8-5-6-12-20(17)22(26)25-21(16-18-9-7-14-28-18)23(27)24-13-15-29-19-10-3-2-4-11-19/h5-9,12,14,16,19H,2-4,10-11,13,15H2,1H3,(H,24,27)(H,25,26)/b21-16-. The van der Waals surface area contributed by atoms with Crippen LogP contribution in [0.2, 0.25) is 0 Å². The first-order chi connectivity index (χ1) is 14.1. The number of carbonyl (C=O) groups is 2. The maximum Gasteiger partial charge on any atom is 0.267 e. The van der Waals surface area contributed by atoms with E-state index < -0.39 is 0 Å². The van der Waals surface area contributed by atoms with Crippen molar-refractivity contribution in [1.29, 1.82) is 0 Å². The summed E-state index contributed by atoms with van der Waals surface area (Å²) < 4.78 is 5.32. The van der Waals surface area contributed by atoms with Crippen molar-refractivity contribution in [3.05, 3.63) is 65.2 Å². The van der Waals surface area contributed by atoms with Crippen LogP contribution in [0.1, 0.15) is 53.8 Å². The molecule has 0 atom stereocenters. The molecule has 6 heteroatoms. The molecule has 1 aromatic heterocycles. The van der Waals surface area contributed by atoms with Crippen molar-refractivity contribution >= 4 is 29.7 Å². The predicted molar refractivity (Wildman–Crippen MR) is 118 cm³/mol. The van der Waals surface area contributed by atoms with Crippen LogP contribution < -0.4 is 10.6 Å². The van der Waals surface area contributed by atoms with E-state index in [1.165, 1.54) is 38.4 Å². The quantitative estimate of drug-likeness (QED) is 0.493. The minimum Gasteiger partial charge on any atom is -0.465 e. The summed E-state index contributed by atoms with van der Waals surface area (Å²) in [5, 5.41) is 6.38. The molecule has 0 radical (unpaired) electrons. The molecule has 29 heavy (non-hydrogen) atoms. The Morgan fingerprint density at radius 1 is 1.14 bits per heavy atom. The van der Waals surface area contributed by atoms with Gasteiger partial charge < -0.3 is 15.1 Å². The van der Waals surface area contributed by atoms with E-state index in [9.17, 15) is 9.59 Å². The van der Waals surface area contributed by atoms with Crippen LogP contribution in [0.5, 0.6) is 0 Å². The van der Waals surface area contributed by atoms with Crippen molar-refractivity contribution in [2.45, 2.75) is 44.3 Å². The molecule has 0 bridgehead atoms. The number of benzene rings is 1. The molecule has 0 saturated heterocycles. The van der Waals surface area contributed by atoms with Crippen molar-refractivity contribution < 1.29 is 14.0 Å². The van der Waals surface area contributed by atoms with Gasteiger partial charge in [-0.15, -0.1) is 0 Å². The van der Waals surface area contributed by atoms with E-state index in [4.69, 9.17) is 4.42 Å². The van der Waals surface area contributed by atoms with Crippen molar-refractivity contribution in [3.63, 3.8) is 0 Å². The highest BCUT2D eigenvalue weighted by atomic mass is 32.2. The molecular formula is C23H28N2O3S. The van der Waals surface area contributed by atoms with Gasteiger partial charge >= 0.3 is 0 Å². The molecule has 0 aliphatic heterocycles. The van der Waals surface area contributed by atoms with Gasteiger partial charge in [0.15, 0.2) is 0 Å². The number of hydrogen-bond acceptors (Lipinski definition) is 4. The lowest BCUT2D eigenvalue weighted by atomic mass is 10.0. The van der Waals surface area contributed by atoms with Crippen molar-refractivity contribution in [1.82, 2.24) is 10.6 Å². The number of amides is 2. The van der Waals surface area contributed by atoms with Gasteiger partial charge in [0.1, 0.15) is 11.5 Å². The van der Waals surface area contributed by atoms with Crippen LogP contribution in [0.25, 0.3) is 6.08 Å². The zero-order valence-corrected chi connectivity index (χ0v) is 17.6. The first-order valence-electron chi connectivity index (χ1n) is 10.2. The minimum absolute atomic E-state index is 0.177. The lowest BCUT2D eigenvalue weighted by Gasteiger charge is -2.21. The second-order valence-electron chi connectivity index (χ2n) is 7.23. The molecule has 2 N–H and O–H groups in total. The molecule has 1 aromatic carbocycles. The number of carbonyl (C=O) groups excluding carboxylic acids is 2. The highest BCUT2D eigenvalue weighted by molar-refractivity contribution is 7.99.